The van der Waals surface area contributed by atoms with Crippen molar-refractivity contribution in [2.24, 2.45) is 11.7 Å². The summed E-state index contributed by atoms with van der Waals surface area (Å²) in [5.74, 6) is -2.08. The van der Waals surface area contributed by atoms with E-state index < -0.39 is 23.0 Å². The lowest BCUT2D eigenvalue weighted by molar-refractivity contribution is -0.139. The van der Waals surface area contributed by atoms with E-state index in [-0.39, 0.29) is 23.3 Å². The molecule has 3 aliphatic heterocycles. The van der Waals surface area contributed by atoms with Crippen molar-refractivity contribution in [1.29, 1.82) is 0 Å². The number of fused-ring (bicyclic) bond motifs is 2. The average molecular weight is 573 g/mol. The standard InChI is InChI=1S/C31H39ClF2N4O2/c1-19-14-27-24(16-25(19)32)31(29(40)38(27)11-5-10-35)8-12-36(13-9-31)28(39)23-18-37(30(2,3)4)17-22(23)21-7-6-20(33)15-26(21)34/h6-7,14-16,22-23H,5,8-13,17-18,35H2,1-4H3. The van der Waals surface area contributed by atoms with Gasteiger partial charge in [0.05, 0.1) is 11.3 Å². The second-order valence-corrected chi connectivity index (χ2v) is 13.0. The first-order chi connectivity index (χ1) is 18.9. The molecule has 2 unspecified atom stereocenters. The lowest BCUT2D eigenvalue weighted by atomic mass is 9.73. The largest absolute Gasteiger partial charge is 0.342 e. The van der Waals surface area contributed by atoms with E-state index in [1.54, 1.807) is 0 Å². The molecule has 6 nitrogen and oxygen atoms in total. The Balaban J connectivity index is 1.40. The molecule has 3 heterocycles. The lowest BCUT2D eigenvalue weighted by Gasteiger charge is -2.40. The Kier molecular flexibility index (Phi) is 7.74. The monoisotopic (exact) mass is 572 g/mol. The zero-order valence-corrected chi connectivity index (χ0v) is 24.5. The molecule has 0 radical (unpaired) electrons. The van der Waals surface area contributed by atoms with Gasteiger partial charge >= 0.3 is 0 Å². The SMILES string of the molecule is Cc1cc2c(cc1Cl)C1(CCN(C(=O)C3CN(C(C)(C)C)CC3c3ccc(F)cc3F)CC1)C(=O)N2CCCN. The van der Waals surface area contributed by atoms with Crippen molar-refractivity contribution >= 4 is 29.1 Å². The van der Waals surface area contributed by atoms with Gasteiger partial charge in [-0.05, 0) is 88.4 Å². The van der Waals surface area contributed by atoms with Crippen molar-refractivity contribution in [2.75, 3.05) is 44.2 Å². The Labute approximate surface area is 240 Å². The maximum absolute atomic E-state index is 14.9. The number of nitrogens with zero attached hydrogens (tertiary/aromatic N) is 3. The zero-order valence-electron chi connectivity index (χ0n) is 23.8. The van der Waals surface area contributed by atoms with Gasteiger partial charge < -0.3 is 15.5 Å². The van der Waals surface area contributed by atoms with Crippen molar-refractivity contribution in [3.05, 3.63) is 63.7 Å². The molecule has 0 aromatic heterocycles. The van der Waals surface area contributed by atoms with Gasteiger partial charge in [0, 0.05) is 61.0 Å². The van der Waals surface area contributed by atoms with Gasteiger partial charge in [-0.2, -0.15) is 0 Å². The second-order valence-electron chi connectivity index (χ2n) is 12.6. The number of nitrogens with two attached hydrogens (primary N) is 1. The van der Waals surface area contributed by atoms with Crippen LogP contribution in [0.2, 0.25) is 5.02 Å². The van der Waals surface area contributed by atoms with Gasteiger partial charge in [-0.25, -0.2) is 8.78 Å². The van der Waals surface area contributed by atoms with Crippen molar-refractivity contribution in [2.45, 2.75) is 63.8 Å². The number of carbonyl (C=O) groups is 2. The average Bonchev–Trinajstić information content (AvgIpc) is 3.43. The van der Waals surface area contributed by atoms with Crippen molar-refractivity contribution in [3.8, 4) is 0 Å². The zero-order chi connectivity index (χ0) is 29.0. The fourth-order valence-electron chi connectivity index (χ4n) is 6.77. The van der Waals surface area contributed by atoms with Crippen LogP contribution >= 0.6 is 11.6 Å². The summed E-state index contributed by atoms with van der Waals surface area (Å²) < 4.78 is 28.6. The Bertz CT molecular complexity index is 1320. The maximum Gasteiger partial charge on any atom is 0.237 e. The van der Waals surface area contributed by atoms with Crippen LogP contribution in [0.4, 0.5) is 14.5 Å². The molecule has 3 aliphatic rings. The summed E-state index contributed by atoms with van der Waals surface area (Å²) in [6.45, 7) is 11.1. The first-order valence-electron chi connectivity index (χ1n) is 14.2. The van der Waals surface area contributed by atoms with Crippen LogP contribution in [0, 0.1) is 24.5 Å². The van der Waals surface area contributed by atoms with Crippen LogP contribution in [0.1, 0.15) is 62.6 Å². The lowest BCUT2D eigenvalue weighted by Crippen LogP contribution is -2.52. The molecule has 0 aliphatic carbocycles. The summed E-state index contributed by atoms with van der Waals surface area (Å²) in [4.78, 5) is 33.8. The molecule has 2 atom stereocenters. The van der Waals surface area contributed by atoms with Gasteiger partial charge in [-0.1, -0.05) is 17.7 Å². The maximum atomic E-state index is 14.9. The highest BCUT2D eigenvalue weighted by Gasteiger charge is 2.53. The molecule has 5 rings (SSSR count). The van der Waals surface area contributed by atoms with Gasteiger partial charge in [-0.15, -0.1) is 0 Å². The highest BCUT2D eigenvalue weighted by atomic mass is 35.5. The van der Waals surface area contributed by atoms with E-state index in [0.29, 0.717) is 69.1 Å². The number of hydrogen-bond acceptors (Lipinski definition) is 4. The van der Waals surface area contributed by atoms with E-state index >= 15 is 0 Å². The van der Waals surface area contributed by atoms with Crippen LogP contribution in [-0.4, -0.2) is 66.4 Å². The molecule has 0 saturated carbocycles. The third-order valence-corrected chi connectivity index (χ3v) is 9.61. The second kappa shape index (κ2) is 10.7. The predicted octanol–water partition coefficient (Wildman–Crippen LogP) is 5.00. The quantitative estimate of drug-likeness (QED) is 0.548. The molecule has 2 N–H and O–H groups in total. The fourth-order valence-corrected chi connectivity index (χ4v) is 6.94. The first-order valence-corrected chi connectivity index (χ1v) is 14.6. The van der Waals surface area contributed by atoms with Gasteiger partial charge in [0.1, 0.15) is 11.6 Å². The van der Waals surface area contributed by atoms with Crippen molar-refractivity contribution < 1.29 is 18.4 Å². The number of aryl methyl sites for hydroxylation is 1. The van der Waals surface area contributed by atoms with E-state index in [4.69, 9.17) is 17.3 Å². The van der Waals surface area contributed by atoms with Crippen molar-refractivity contribution in [3.63, 3.8) is 0 Å². The number of piperidine rings is 1. The number of likely N-dealkylation sites (tertiary alicyclic amines) is 2. The third kappa shape index (κ3) is 4.92. The first kappa shape index (κ1) is 29.0. The van der Waals surface area contributed by atoms with Gasteiger partial charge in [0.15, 0.2) is 0 Å². The van der Waals surface area contributed by atoms with Gasteiger partial charge in [0.2, 0.25) is 11.8 Å². The molecule has 40 heavy (non-hydrogen) atoms. The molecule has 2 amide bonds. The number of anilines is 1. The third-order valence-electron chi connectivity index (χ3n) is 9.20. The van der Waals surface area contributed by atoms with Crippen LogP contribution in [0.25, 0.3) is 0 Å². The predicted molar refractivity (Wildman–Crippen MR) is 154 cm³/mol. The summed E-state index contributed by atoms with van der Waals surface area (Å²) in [6, 6.07) is 7.54. The molecule has 2 fully saturated rings. The number of rotatable bonds is 5. The molecular formula is C31H39ClF2N4O2. The number of carbonyl (C=O) groups excluding carboxylic acids is 2. The summed E-state index contributed by atoms with van der Waals surface area (Å²) >= 11 is 6.53. The molecule has 9 heteroatoms. The number of amides is 2. The summed E-state index contributed by atoms with van der Waals surface area (Å²) in [5, 5.41) is 0.627. The van der Waals surface area contributed by atoms with E-state index in [1.165, 1.54) is 12.1 Å². The van der Waals surface area contributed by atoms with E-state index in [1.807, 2.05) is 28.9 Å². The molecule has 1 spiro atoms. The Morgan fingerprint density at radius 2 is 1.82 bits per heavy atom. The van der Waals surface area contributed by atoms with E-state index in [2.05, 4.69) is 25.7 Å². The molecule has 2 aromatic carbocycles. The Hall–Kier alpha value is -2.55. The normalized spacial score (nSPS) is 22.9. The summed E-state index contributed by atoms with van der Waals surface area (Å²) in [7, 11) is 0. The molecule has 2 aromatic rings. The number of halogens is 3. The fraction of sp³-hybridized carbons (Fsp3) is 0.548. The highest BCUT2D eigenvalue weighted by molar-refractivity contribution is 6.31. The highest BCUT2D eigenvalue weighted by Crippen LogP contribution is 2.50. The van der Waals surface area contributed by atoms with Crippen LogP contribution < -0.4 is 10.6 Å². The van der Waals surface area contributed by atoms with Crippen LogP contribution in [0.3, 0.4) is 0 Å². The van der Waals surface area contributed by atoms with E-state index in [9.17, 15) is 18.4 Å². The van der Waals surface area contributed by atoms with Gasteiger partial charge in [-0.3, -0.25) is 14.5 Å². The van der Waals surface area contributed by atoms with Gasteiger partial charge in [0.25, 0.3) is 0 Å². The van der Waals surface area contributed by atoms with Crippen molar-refractivity contribution in [1.82, 2.24) is 9.80 Å². The summed E-state index contributed by atoms with van der Waals surface area (Å²) in [5.41, 5.74) is 7.95. The van der Waals surface area contributed by atoms with Crippen LogP contribution in [0.15, 0.2) is 30.3 Å². The summed E-state index contributed by atoms with van der Waals surface area (Å²) in [6.07, 6.45) is 1.68. The minimum absolute atomic E-state index is 0.0390. The molecule has 216 valence electrons. The Morgan fingerprint density at radius 1 is 1.12 bits per heavy atom. The minimum Gasteiger partial charge on any atom is -0.342 e. The topological polar surface area (TPSA) is 69.9 Å². The number of benzene rings is 2. The van der Waals surface area contributed by atoms with Crippen LogP contribution in [0.5, 0.6) is 0 Å². The smallest absolute Gasteiger partial charge is 0.237 e. The molecular weight excluding hydrogens is 534 g/mol. The number of hydrogen-bond donors (Lipinski definition) is 1. The van der Waals surface area contributed by atoms with E-state index in [0.717, 1.165) is 22.9 Å². The Morgan fingerprint density at radius 3 is 2.45 bits per heavy atom. The van der Waals surface area contributed by atoms with Crippen LogP contribution in [-0.2, 0) is 15.0 Å². The molecule has 2 saturated heterocycles. The minimum atomic E-state index is -0.729. The molecule has 0 bridgehead atoms.